The Balaban J connectivity index is 1.92. The van der Waals surface area contributed by atoms with Gasteiger partial charge in [0, 0.05) is 26.7 Å². The molecule has 0 saturated carbocycles. The van der Waals surface area contributed by atoms with Crippen LogP contribution in [0.5, 0.6) is 0 Å². The fourth-order valence-corrected chi connectivity index (χ4v) is 3.31. The van der Waals surface area contributed by atoms with Gasteiger partial charge in [0.2, 0.25) is 11.7 Å². The summed E-state index contributed by atoms with van der Waals surface area (Å²) in [6.45, 7) is 5.69. The molecule has 28 heavy (non-hydrogen) atoms. The quantitative estimate of drug-likeness (QED) is 0.783. The van der Waals surface area contributed by atoms with Gasteiger partial charge in [-0.2, -0.15) is 0 Å². The molecule has 1 N–H and O–H groups in total. The average Bonchev–Trinajstić information content (AvgIpc) is 3.16. The van der Waals surface area contributed by atoms with E-state index >= 15 is 0 Å². The predicted octanol–water partition coefficient (Wildman–Crippen LogP) is 1.63. The first-order valence-electron chi connectivity index (χ1n) is 9.61. The average molecular weight is 385 g/mol. The lowest BCUT2D eigenvalue weighted by Crippen LogP contribution is -2.45. The second kappa shape index (κ2) is 8.97. The molecule has 1 aromatic heterocycles. The maximum Gasteiger partial charge on any atom is 0.289 e. The van der Waals surface area contributed by atoms with Crippen LogP contribution in [-0.4, -0.2) is 58.3 Å². The minimum atomic E-state index is -0.402. The molecule has 0 fully saturated rings. The lowest BCUT2D eigenvalue weighted by atomic mass is 10.0. The molecule has 2 atom stereocenters. The van der Waals surface area contributed by atoms with Crippen molar-refractivity contribution in [2.45, 2.75) is 32.9 Å². The second-order valence-corrected chi connectivity index (χ2v) is 7.09. The van der Waals surface area contributed by atoms with Gasteiger partial charge in [-0.3, -0.25) is 9.59 Å². The summed E-state index contributed by atoms with van der Waals surface area (Å²) in [7, 11) is 1.50. The Hall–Kier alpha value is -2.74. The molecule has 0 radical (unpaired) electrons. The van der Waals surface area contributed by atoms with Gasteiger partial charge in [-0.15, -0.1) is 10.2 Å². The number of aromatic nitrogens is 3. The molecule has 8 nitrogen and oxygen atoms in total. The Morgan fingerprint density at radius 3 is 2.68 bits per heavy atom. The number of fused-ring (bicyclic) bond motifs is 1. The van der Waals surface area contributed by atoms with Crippen molar-refractivity contribution in [2.24, 2.45) is 5.92 Å². The lowest BCUT2D eigenvalue weighted by molar-refractivity contribution is -0.138. The predicted molar refractivity (Wildman–Crippen MR) is 104 cm³/mol. The molecule has 0 saturated heterocycles. The second-order valence-electron chi connectivity index (χ2n) is 7.09. The van der Waals surface area contributed by atoms with Crippen LogP contribution in [0.15, 0.2) is 30.3 Å². The van der Waals surface area contributed by atoms with Crippen LogP contribution in [0.3, 0.4) is 0 Å². The highest BCUT2D eigenvalue weighted by Gasteiger charge is 2.36. The summed E-state index contributed by atoms with van der Waals surface area (Å²) in [5.41, 5.74) is 0.923. The van der Waals surface area contributed by atoms with Crippen LogP contribution in [-0.2, 0) is 16.1 Å². The van der Waals surface area contributed by atoms with E-state index in [-0.39, 0.29) is 24.2 Å². The molecule has 0 bridgehead atoms. The van der Waals surface area contributed by atoms with Crippen molar-refractivity contribution in [3.05, 3.63) is 47.5 Å². The van der Waals surface area contributed by atoms with E-state index in [4.69, 9.17) is 4.74 Å². The molecule has 3 rings (SSSR count). The van der Waals surface area contributed by atoms with Crippen LogP contribution in [0.2, 0.25) is 0 Å². The normalized spacial score (nSPS) is 17.1. The van der Waals surface area contributed by atoms with E-state index in [2.05, 4.69) is 29.4 Å². The van der Waals surface area contributed by atoms with E-state index in [0.717, 1.165) is 12.0 Å². The molecular weight excluding hydrogens is 358 g/mol. The van der Waals surface area contributed by atoms with E-state index in [1.54, 1.807) is 4.90 Å². The number of nitrogens with zero attached hydrogens (tertiary/aromatic N) is 4. The molecule has 1 aliphatic heterocycles. The number of rotatable bonds is 7. The van der Waals surface area contributed by atoms with E-state index in [9.17, 15) is 9.59 Å². The molecule has 2 heterocycles. The summed E-state index contributed by atoms with van der Waals surface area (Å²) in [6.07, 6.45) is 0.991. The summed E-state index contributed by atoms with van der Waals surface area (Å²) >= 11 is 0. The molecular formula is C20H27N5O3. The van der Waals surface area contributed by atoms with Crippen molar-refractivity contribution >= 4 is 11.8 Å². The first kappa shape index (κ1) is 20.0. The lowest BCUT2D eigenvalue weighted by Gasteiger charge is -2.36. The third-order valence-electron chi connectivity index (χ3n) is 5.11. The van der Waals surface area contributed by atoms with Crippen molar-refractivity contribution in [1.82, 2.24) is 25.0 Å². The summed E-state index contributed by atoms with van der Waals surface area (Å²) in [6, 6.07) is 9.26. The fourth-order valence-electron chi connectivity index (χ4n) is 3.31. The minimum absolute atomic E-state index is 0.000278. The van der Waals surface area contributed by atoms with Gasteiger partial charge in [-0.1, -0.05) is 50.6 Å². The van der Waals surface area contributed by atoms with Gasteiger partial charge in [0.15, 0.2) is 5.82 Å². The van der Waals surface area contributed by atoms with Crippen LogP contribution < -0.4 is 5.32 Å². The molecule has 8 heteroatoms. The zero-order valence-corrected chi connectivity index (χ0v) is 16.6. The highest BCUT2D eigenvalue weighted by molar-refractivity contribution is 5.90. The molecule has 0 aliphatic carbocycles. The number of ether oxygens (including phenoxy) is 1. The highest BCUT2D eigenvalue weighted by Crippen LogP contribution is 2.31. The number of methoxy groups -OCH3 is 1. The zero-order valence-electron chi connectivity index (χ0n) is 16.6. The van der Waals surface area contributed by atoms with Gasteiger partial charge in [0.25, 0.3) is 5.91 Å². The maximum atomic E-state index is 12.6. The summed E-state index contributed by atoms with van der Waals surface area (Å²) < 4.78 is 6.86. The van der Waals surface area contributed by atoms with Crippen LogP contribution in [0.4, 0.5) is 0 Å². The molecule has 1 aliphatic rings. The molecule has 2 aromatic rings. The van der Waals surface area contributed by atoms with Crippen LogP contribution in [0.1, 0.15) is 48.3 Å². The zero-order chi connectivity index (χ0) is 20.1. The Bertz CT molecular complexity index is 821. The molecule has 0 spiro atoms. The van der Waals surface area contributed by atoms with E-state index in [0.29, 0.717) is 31.4 Å². The van der Waals surface area contributed by atoms with Crippen LogP contribution >= 0.6 is 0 Å². The number of hydrogen-bond donors (Lipinski definition) is 1. The number of carbonyl (C=O) groups excluding carboxylic acids is 2. The number of hydrogen-bond acceptors (Lipinski definition) is 5. The third kappa shape index (κ3) is 4.06. The molecule has 0 unspecified atom stereocenters. The van der Waals surface area contributed by atoms with Gasteiger partial charge >= 0.3 is 0 Å². The Labute approximate surface area is 164 Å². The van der Waals surface area contributed by atoms with Gasteiger partial charge in [-0.05, 0) is 11.5 Å². The number of benzene rings is 1. The number of nitrogens with one attached hydrogen (secondary N) is 1. The fraction of sp³-hybridized carbons (Fsp3) is 0.500. The van der Waals surface area contributed by atoms with E-state index in [1.807, 2.05) is 34.9 Å². The Morgan fingerprint density at radius 2 is 2.00 bits per heavy atom. The van der Waals surface area contributed by atoms with Gasteiger partial charge in [-0.25, -0.2) is 0 Å². The summed E-state index contributed by atoms with van der Waals surface area (Å²) in [5.74, 6) is 0.927. The van der Waals surface area contributed by atoms with Crippen molar-refractivity contribution in [1.29, 1.82) is 0 Å². The Kier molecular flexibility index (Phi) is 6.41. The Morgan fingerprint density at radius 1 is 1.25 bits per heavy atom. The van der Waals surface area contributed by atoms with Crippen molar-refractivity contribution in [2.75, 3.05) is 26.8 Å². The van der Waals surface area contributed by atoms with E-state index in [1.165, 1.54) is 7.11 Å². The molecule has 150 valence electrons. The molecule has 2 amide bonds. The number of amides is 2. The van der Waals surface area contributed by atoms with Crippen molar-refractivity contribution in [3.63, 3.8) is 0 Å². The van der Waals surface area contributed by atoms with Crippen LogP contribution in [0, 0.1) is 5.92 Å². The number of carbonyl (C=O) groups is 2. The largest absolute Gasteiger partial charge is 0.375 e. The summed E-state index contributed by atoms with van der Waals surface area (Å²) in [5, 5.41) is 11.4. The summed E-state index contributed by atoms with van der Waals surface area (Å²) in [4.78, 5) is 27.0. The van der Waals surface area contributed by atoms with E-state index < -0.39 is 6.04 Å². The SMILES string of the molecule is CC[C@@H](C)CNC(=O)c1nnc2n1CCN(C(=O)COC)[C@H]2c1ccccc1. The monoisotopic (exact) mass is 385 g/mol. The third-order valence-corrected chi connectivity index (χ3v) is 5.11. The highest BCUT2D eigenvalue weighted by atomic mass is 16.5. The van der Waals surface area contributed by atoms with Crippen molar-refractivity contribution in [3.8, 4) is 0 Å². The minimum Gasteiger partial charge on any atom is -0.375 e. The topological polar surface area (TPSA) is 89.4 Å². The van der Waals surface area contributed by atoms with Gasteiger partial charge < -0.3 is 19.5 Å². The first-order valence-corrected chi connectivity index (χ1v) is 9.61. The van der Waals surface area contributed by atoms with Crippen molar-refractivity contribution < 1.29 is 14.3 Å². The smallest absolute Gasteiger partial charge is 0.289 e. The van der Waals surface area contributed by atoms with Gasteiger partial charge in [0.05, 0.1) is 0 Å². The maximum absolute atomic E-state index is 12.6. The molecule has 1 aromatic carbocycles. The van der Waals surface area contributed by atoms with Crippen LogP contribution in [0.25, 0.3) is 0 Å². The van der Waals surface area contributed by atoms with Gasteiger partial charge in [0.1, 0.15) is 12.6 Å². The standard InChI is InChI=1S/C20H27N5O3/c1-4-14(2)12-21-20(27)19-23-22-18-17(15-8-6-5-7-9-15)24(10-11-25(18)19)16(26)13-28-3/h5-9,14,17H,4,10-13H2,1-3H3,(H,21,27)/t14-,17+/m1/s1. The first-order chi connectivity index (χ1) is 13.6.